The number of carbonyl (C=O) groups is 1. The van der Waals surface area contributed by atoms with Gasteiger partial charge in [0.25, 0.3) is 0 Å². The van der Waals surface area contributed by atoms with Gasteiger partial charge in [0.05, 0.1) is 18.6 Å². The van der Waals surface area contributed by atoms with Crippen molar-refractivity contribution < 1.29 is 23.1 Å². The van der Waals surface area contributed by atoms with Gasteiger partial charge in [0.2, 0.25) is 10.0 Å². The van der Waals surface area contributed by atoms with Crippen LogP contribution in [0.4, 0.5) is 0 Å². The molecule has 0 aromatic carbocycles. The minimum Gasteiger partial charge on any atom is -0.468 e. The zero-order valence-corrected chi connectivity index (χ0v) is 11.9. The van der Waals surface area contributed by atoms with Gasteiger partial charge >= 0.3 is 5.97 Å². The average molecular weight is 293 g/mol. The third kappa shape index (κ3) is 3.29. The first-order valence-corrected chi connectivity index (χ1v) is 7.40. The van der Waals surface area contributed by atoms with Gasteiger partial charge in [0.1, 0.15) is 6.04 Å². The second-order valence-corrected chi connectivity index (χ2v) is 6.80. The van der Waals surface area contributed by atoms with E-state index >= 15 is 0 Å². The molecule has 8 heteroatoms. The summed E-state index contributed by atoms with van der Waals surface area (Å²) < 4.78 is 30.6. The SMILES string of the molecule is COC(=O)C(CO)NS(=O)(=O)c1cc(C)sc1C. The Labute approximate surface area is 110 Å². The summed E-state index contributed by atoms with van der Waals surface area (Å²) in [5.41, 5.74) is 0. The van der Waals surface area contributed by atoms with Crippen molar-refractivity contribution in [2.75, 3.05) is 13.7 Å². The molecular weight excluding hydrogens is 278 g/mol. The molecular formula is C10H15NO5S2. The minimum atomic E-state index is -3.84. The zero-order valence-electron chi connectivity index (χ0n) is 10.3. The van der Waals surface area contributed by atoms with Gasteiger partial charge < -0.3 is 9.84 Å². The topological polar surface area (TPSA) is 92.7 Å². The number of rotatable bonds is 5. The van der Waals surface area contributed by atoms with Crippen molar-refractivity contribution in [1.82, 2.24) is 4.72 Å². The highest BCUT2D eigenvalue weighted by Crippen LogP contribution is 2.24. The molecule has 1 rings (SSSR count). The van der Waals surface area contributed by atoms with Gasteiger partial charge in [-0.2, -0.15) is 4.72 Å². The molecule has 6 nitrogen and oxygen atoms in total. The van der Waals surface area contributed by atoms with Crippen LogP contribution in [0.1, 0.15) is 9.75 Å². The number of ether oxygens (including phenoxy) is 1. The molecule has 0 aliphatic heterocycles. The van der Waals surface area contributed by atoms with Gasteiger partial charge in [-0.05, 0) is 19.9 Å². The minimum absolute atomic E-state index is 0.118. The van der Waals surface area contributed by atoms with Crippen LogP contribution in [0.5, 0.6) is 0 Å². The molecule has 2 N–H and O–H groups in total. The first-order valence-electron chi connectivity index (χ1n) is 5.10. The van der Waals surface area contributed by atoms with Gasteiger partial charge in [-0.25, -0.2) is 8.42 Å². The molecule has 1 aromatic rings. The van der Waals surface area contributed by atoms with Crippen LogP contribution in [0.3, 0.4) is 0 Å². The maximum atomic E-state index is 12.0. The number of sulfonamides is 1. The number of aryl methyl sites for hydroxylation is 2. The molecule has 0 aliphatic carbocycles. The van der Waals surface area contributed by atoms with Crippen molar-refractivity contribution in [3.63, 3.8) is 0 Å². The zero-order chi connectivity index (χ0) is 13.9. The van der Waals surface area contributed by atoms with E-state index in [4.69, 9.17) is 5.11 Å². The van der Waals surface area contributed by atoms with E-state index in [0.29, 0.717) is 4.88 Å². The quantitative estimate of drug-likeness (QED) is 0.755. The Balaban J connectivity index is 3.01. The molecule has 1 aromatic heterocycles. The molecule has 0 saturated heterocycles. The second kappa shape index (κ2) is 5.79. The van der Waals surface area contributed by atoms with Crippen LogP contribution in [-0.4, -0.2) is 39.3 Å². The molecule has 1 unspecified atom stereocenters. The third-order valence-electron chi connectivity index (χ3n) is 2.25. The third-order valence-corrected chi connectivity index (χ3v) is 4.94. The van der Waals surface area contributed by atoms with Gasteiger partial charge in [-0.3, -0.25) is 4.79 Å². The van der Waals surface area contributed by atoms with E-state index in [1.54, 1.807) is 13.8 Å². The number of aliphatic hydroxyl groups is 1. The van der Waals surface area contributed by atoms with Crippen molar-refractivity contribution in [1.29, 1.82) is 0 Å². The summed E-state index contributed by atoms with van der Waals surface area (Å²) >= 11 is 1.35. The molecule has 0 bridgehead atoms. The molecule has 0 radical (unpaired) electrons. The second-order valence-electron chi connectivity index (χ2n) is 3.66. The summed E-state index contributed by atoms with van der Waals surface area (Å²) in [4.78, 5) is 12.8. The lowest BCUT2D eigenvalue weighted by atomic mass is 10.3. The number of hydrogen-bond donors (Lipinski definition) is 2. The van der Waals surface area contributed by atoms with Crippen molar-refractivity contribution in [3.8, 4) is 0 Å². The van der Waals surface area contributed by atoms with Crippen LogP contribution in [-0.2, 0) is 19.6 Å². The summed E-state index contributed by atoms with van der Waals surface area (Å²) in [5.74, 6) is -0.828. The summed E-state index contributed by atoms with van der Waals surface area (Å²) in [6, 6.07) is 0.230. The highest BCUT2D eigenvalue weighted by molar-refractivity contribution is 7.89. The molecule has 0 fully saturated rings. The van der Waals surface area contributed by atoms with Gasteiger partial charge in [0.15, 0.2) is 0 Å². The van der Waals surface area contributed by atoms with Crippen LogP contribution in [0.15, 0.2) is 11.0 Å². The Morgan fingerprint density at radius 3 is 2.56 bits per heavy atom. The molecule has 18 heavy (non-hydrogen) atoms. The van der Waals surface area contributed by atoms with Crippen LogP contribution in [0, 0.1) is 13.8 Å². The van der Waals surface area contributed by atoms with Crippen molar-refractivity contribution >= 4 is 27.3 Å². The Kier molecular flexibility index (Phi) is 4.85. The summed E-state index contributed by atoms with van der Waals surface area (Å²) in [5, 5.41) is 8.99. The number of nitrogens with one attached hydrogen (secondary N) is 1. The first kappa shape index (κ1) is 15.1. The fraction of sp³-hybridized carbons (Fsp3) is 0.500. The fourth-order valence-electron chi connectivity index (χ4n) is 1.43. The Morgan fingerprint density at radius 1 is 1.56 bits per heavy atom. The van der Waals surface area contributed by atoms with E-state index in [1.807, 2.05) is 0 Å². The van der Waals surface area contributed by atoms with Gasteiger partial charge in [0, 0.05) is 9.75 Å². The van der Waals surface area contributed by atoms with Gasteiger partial charge in [-0.1, -0.05) is 0 Å². The molecule has 0 aliphatic rings. The van der Waals surface area contributed by atoms with E-state index < -0.39 is 28.6 Å². The predicted octanol–water partition coefficient (Wildman–Crippen LogP) is 0.177. The maximum absolute atomic E-state index is 12.0. The number of carbonyl (C=O) groups excluding carboxylic acids is 1. The monoisotopic (exact) mass is 293 g/mol. The van der Waals surface area contributed by atoms with Crippen molar-refractivity contribution in [3.05, 3.63) is 15.8 Å². The van der Waals surface area contributed by atoms with E-state index in [-0.39, 0.29) is 4.90 Å². The van der Waals surface area contributed by atoms with E-state index in [9.17, 15) is 13.2 Å². The lowest BCUT2D eigenvalue weighted by Gasteiger charge is -2.13. The van der Waals surface area contributed by atoms with Crippen LogP contribution in [0.25, 0.3) is 0 Å². The van der Waals surface area contributed by atoms with E-state index in [0.717, 1.165) is 12.0 Å². The fourth-order valence-corrected chi connectivity index (χ4v) is 4.16. The Hall–Kier alpha value is -0.960. The van der Waals surface area contributed by atoms with Crippen LogP contribution in [0.2, 0.25) is 0 Å². The summed E-state index contributed by atoms with van der Waals surface area (Å²) in [7, 11) is -2.71. The van der Waals surface area contributed by atoms with Crippen LogP contribution >= 0.6 is 11.3 Å². The van der Waals surface area contributed by atoms with E-state index in [2.05, 4.69) is 9.46 Å². The number of thiophene rings is 1. The van der Waals surface area contributed by atoms with Crippen LogP contribution < -0.4 is 4.72 Å². The predicted molar refractivity (Wildman–Crippen MR) is 67.0 cm³/mol. The first-order chi connectivity index (χ1) is 8.31. The maximum Gasteiger partial charge on any atom is 0.326 e. The summed E-state index contributed by atoms with van der Waals surface area (Å²) in [6.07, 6.45) is 0. The summed E-state index contributed by atoms with van der Waals surface area (Å²) in [6.45, 7) is 2.81. The number of esters is 1. The molecule has 0 spiro atoms. The lowest BCUT2D eigenvalue weighted by molar-refractivity contribution is -0.143. The number of aliphatic hydroxyl groups excluding tert-OH is 1. The number of methoxy groups -OCH3 is 1. The molecule has 0 saturated carbocycles. The average Bonchev–Trinajstić information content (AvgIpc) is 2.65. The standard InChI is InChI=1S/C10H15NO5S2/c1-6-4-9(7(2)17-6)18(14,15)11-8(5-12)10(13)16-3/h4,8,11-12H,5H2,1-3H3. The molecule has 1 atom stereocenters. The largest absolute Gasteiger partial charge is 0.468 e. The Bertz CT molecular complexity index is 534. The molecule has 0 amide bonds. The van der Waals surface area contributed by atoms with E-state index in [1.165, 1.54) is 17.4 Å². The normalized spacial score (nSPS) is 13.3. The Morgan fingerprint density at radius 2 is 2.17 bits per heavy atom. The highest BCUT2D eigenvalue weighted by atomic mass is 32.2. The molecule has 102 valence electrons. The van der Waals surface area contributed by atoms with Crippen molar-refractivity contribution in [2.24, 2.45) is 0 Å². The smallest absolute Gasteiger partial charge is 0.326 e. The van der Waals surface area contributed by atoms with Gasteiger partial charge in [-0.15, -0.1) is 11.3 Å². The lowest BCUT2D eigenvalue weighted by Crippen LogP contribution is -2.43. The number of hydrogen-bond acceptors (Lipinski definition) is 6. The van der Waals surface area contributed by atoms with Crippen molar-refractivity contribution in [2.45, 2.75) is 24.8 Å². The molecule has 1 heterocycles. The highest BCUT2D eigenvalue weighted by Gasteiger charge is 2.27.